The molecule has 0 amide bonds. The van der Waals surface area contributed by atoms with Gasteiger partial charge in [-0.1, -0.05) is 11.8 Å². The van der Waals surface area contributed by atoms with E-state index in [1.165, 1.54) is 6.20 Å². The highest BCUT2D eigenvalue weighted by atomic mass is 16.5. The van der Waals surface area contributed by atoms with Crippen molar-refractivity contribution in [1.29, 1.82) is 0 Å². The highest BCUT2D eigenvalue weighted by molar-refractivity contribution is 5.29. The molecule has 108 valence electrons. The Kier molecular flexibility index (Phi) is 4.36. The monoisotopic (exact) mass is 282 g/mol. The van der Waals surface area contributed by atoms with Crippen molar-refractivity contribution in [2.75, 3.05) is 13.2 Å². The molecule has 0 saturated carbocycles. The Labute approximate surface area is 113 Å². The van der Waals surface area contributed by atoms with Crippen LogP contribution in [0.25, 0.3) is 0 Å². The van der Waals surface area contributed by atoms with Crippen molar-refractivity contribution in [1.82, 2.24) is 9.55 Å². The maximum absolute atomic E-state index is 11.7. The molecule has 0 radical (unpaired) electrons. The van der Waals surface area contributed by atoms with Crippen LogP contribution in [0.2, 0.25) is 0 Å². The van der Waals surface area contributed by atoms with Gasteiger partial charge in [-0.3, -0.25) is 14.3 Å². The lowest BCUT2D eigenvalue weighted by molar-refractivity contribution is -0.0459. The van der Waals surface area contributed by atoms with E-state index in [0.29, 0.717) is 0 Å². The molecule has 3 atom stereocenters. The van der Waals surface area contributed by atoms with E-state index in [9.17, 15) is 14.7 Å². The van der Waals surface area contributed by atoms with Crippen molar-refractivity contribution in [3.05, 3.63) is 32.6 Å². The summed E-state index contributed by atoms with van der Waals surface area (Å²) >= 11 is 0. The van der Waals surface area contributed by atoms with Crippen LogP contribution in [-0.2, 0) is 4.74 Å². The molecule has 8 heteroatoms. The first kappa shape index (κ1) is 14.5. The summed E-state index contributed by atoms with van der Waals surface area (Å²) in [5.41, 5.74) is -1.35. The predicted molar refractivity (Wildman–Crippen MR) is 66.9 cm³/mol. The van der Waals surface area contributed by atoms with E-state index in [2.05, 4.69) is 16.8 Å². The molecular formula is C12H14N2O6. The van der Waals surface area contributed by atoms with E-state index in [4.69, 9.17) is 14.9 Å². The van der Waals surface area contributed by atoms with E-state index in [0.717, 1.165) is 4.57 Å². The summed E-state index contributed by atoms with van der Waals surface area (Å²) in [6, 6.07) is 0. The van der Waals surface area contributed by atoms with E-state index in [-0.39, 0.29) is 18.6 Å². The molecule has 4 N–H and O–H groups in total. The second-order valence-electron chi connectivity index (χ2n) is 4.28. The zero-order valence-electron chi connectivity index (χ0n) is 10.4. The summed E-state index contributed by atoms with van der Waals surface area (Å²) in [6.45, 7) is -0.781. The number of rotatable bonds is 2. The topological polar surface area (TPSA) is 125 Å². The molecule has 2 rings (SSSR count). The fourth-order valence-corrected chi connectivity index (χ4v) is 1.97. The first-order chi connectivity index (χ1) is 9.56. The number of ether oxygens (including phenoxy) is 1. The van der Waals surface area contributed by atoms with E-state index in [1.54, 1.807) is 0 Å². The second-order valence-corrected chi connectivity index (χ2v) is 4.28. The van der Waals surface area contributed by atoms with Crippen LogP contribution in [-0.4, -0.2) is 50.3 Å². The number of hydrogen-bond donors (Lipinski definition) is 4. The molecule has 1 aliphatic rings. The lowest BCUT2D eigenvalue weighted by Crippen LogP contribution is -2.33. The predicted octanol–water partition coefficient (Wildman–Crippen LogP) is -2.48. The molecule has 1 fully saturated rings. The fourth-order valence-electron chi connectivity index (χ4n) is 1.97. The number of aromatic nitrogens is 2. The van der Waals surface area contributed by atoms with Crippen LogP contribution in [0.5, 0.6) is 0 Å². The van der Waals surface area contributed by atoms with Crippen LogP contribution >= 0.6 is 0 Å². The third-order valence-corrected chi connectivity index (χ3v) is 2.96. The van der Waals surface area contributed by atoms with Crippen LogP contribution in [0.15, 0.2) is 15.8 Å². The Morgan fingerprint density at radius 3 is 2.80 bits per heavy atom. The van der Waals surface area contributed by atoms with E-state index in [1.807, 2.05) is 0 Å². The van der Waals surface area contributed by atoms with Gasteiger partial charge in [-0.15, -0.1) is 0 Å². The lowest BCUT2D eigenvalue weighted by atomic mass is 10.2. The molecule has 0 bridgehead atoms. The van der Waals surface area contributed by atoms with Crippen LogP contribution in [0.3, 0.4) is 0 Å². The van der Waals surface area contributed by atoms with Crippen molar-refractivity contribution in [3.8, 4) is 11.8 Å². The zero-order valence-corrected chi connectivity index (χ0v) is 10.4. The Balaban J connectivity index is 2.38. The number of hydrogen-bond acceptors (Lipinski definition) is 6. The Morgan fingerprint density at radius 1 is 1.45 bits per heavy atom. The Morgan fingerprint density at radius 2 is 2.20 bits per heavy atom. The van der Waals surface area contributed by atoms with Gasteiger partial charge in [0.25, 0.3) is 5.56 Å². The summed E-state index contributed by atoms with van der Waals surface area (Å²) < 4.78 is 6.43. The van der Waals surface area contributed by atoms with Crippen LogP contribution in [0.1, 0.15) is 18.2 Å². The molecule has 0 aromatic carbocycles. The third-order valence-electron chi connectivity index (χ3n) is 2.96. The van der Waals surface area contributed by atoms with Gasteiger partial charge in [-0.25, -0.2) is 4.79 Å². The van der Waals surface area contributed by atoms with E-state index >= 15 is 0 Å². The van der Waals surface area contributed by atoms with Gasteiger partial charge in [-0.2, -0.15) is 0 Å². The molecule has 1 aromatic heterocycles. The minimum Gasteiger partial charge on any atom is -0.394 e. The fraction of sp³-hybridized carbons (Fsp3) is 0.500. The lowest BCUT2D eigenvalue weighted by Gasteiger charge is -2.14. The molecule has 1 unspecified atom stereocenters. The van der Waals surface area contributed by atoms with Crippen molar-refractivity contribution >= 4 is 0 Å². The number of H-pyrrole nitrogens is 1. The van der Waals surface area contributed by atoms with Gasteiger partial charge >= 0.3 is 5.69 Å². The summed E-state index contributed by atoms with van der Waals surface area (Å²) in [5, 5.41) is 27.3. The van der Waals surface area contributed by atoms with Gasteiger partial charge in [0.1, 0.15) is 24.5 Å². The van der Waals surface area contributed by atoms with Gasteiger partial charge in [0.2, 0.25) is 0 Å². The molecule has 8 nitrogen and oxygen atoms in total. The maximum atomic E-state index is 11.7. The van der Waals surface area contributed by atoms with Crippen LogP contribution in [0, 0.1) is 11.8 Å². The highest BCUT2D eigenvalue weighted by Gasteiger charge is 2.35. The summed E-state index contributed by atoms with van der Waals surface area (Å²) in [4.78, 5) is 25.3. The third kappa shape index (κ3) is 2.81. The standard InChI is InChI=1S/C12H14N2O6/c15-3-1-2-7-5-14(12(19)13-11(7)18)10-4-8(17)9(6-16)20-10/h5,8-10,15-17H,3-4,6H2,(H,13,18,19)/t8?,9-,10-/m1/s1. The molecule has 0 spiro atoms. The molecule has 0 aliphatic carbocycles. The van der Waals surface area contributed by atoms with E-state index < -0.39 is 36.3 Å². The van der Waals surface area contributed by atoms with Gasteiger partial charge < -0.3 is 20.1 Å². The van der Waals surface area contributed by atoms with Crippen molar-refractivity contribution in [2.24, 2.45) is 0 Å². The number of nitrogens with one attached hydrogen (secondary N) is 1. The van der Waals surface area contributed by atoms with Gasteiger partial charge in [-0.05, 0) is 0 Å². The molecule has 1 aromatic rings. The summed E-state index contributed by atoms with van der Waals surface area (Å²) in [5.74, 6) is 4.73. The van der Waals surface area contributed by atoms with Crippen LogP contribution in [0.4, 0.5) is 0 Å². The molecule has 20 heavy (non-hydrogen) atoms. The quantitative estimate of drug-likeness (QED) is 0.445. The Hall–Kier alpha value is -1.92. The number of aliphatic hydroxyl groups excluding tert-OH is 3. The summed E-state index contributed by atoms with van der Waals surface area (Å²) in [7, 11) is 0. The first-order valence-electron chi connectivity index (χ1n) is 5.96. The first-order valence-corrected chi connectivity index (χ1v) is 5.96. The van der Waals surface area contributed by atoms with Crippen molar-refractivity contribution < 1.29 is 20.1 Å². The van der Waals surface area contributed by atoms with Gasteiger partial charge in [0.15, 0.2) is 0 Å². The molecule has 1 aliphatic heterocycles. The molecule has 1 saturated heterocycles. The number of aromatic amines is 1. The molecule has 2 heterocycles. The zero-order chi connectivity index (χ0) is 14.7. The normalized spacial score (nSPS) is 25.2. The second kappa shape index (κ2) is 6.02. The SMILES string of the molecule is O=c1[nH]c(=O)n([C@H]2CC(O)[C@@H](CO)O2)cc1C#CCO. The van der Waals surface area contributed by atoms with Crippen molar-refractivity contribution in [2.45, 2.75) is 24.9 Å². The number of aliphatic hydroxyl groups is 3. The average molecular weight is 282 g/mol. The minimum atomic E-state index is -0.893. The van der Waals surface area contributed by atoms with Crippen LogP contribution < -0.4 is 11.2 Å². The maximum Gasteiger partial charge on any atom is 0.330 e. The molecular weight excluding hydrogens is 268 g/mol. The summed E-state index contributed by atoms with van der Waals surface area (Å²) in [6.07, 6.45) is -1.13. The van der Waals surface area contributed by atoms with Gasteiger partial charge in [0.05, 0.1) is 12.7 Å². The smallest absolute Gasteiger partial charge is 0.330 e. The highest BCUT2D eigenvalue weighted by Crippen LogP contribution is 2.27. The largest absolute Gasteiger partial charge is 0.394 e. The number of nitrogens with zero attached hydrogens (tertiary/aromatic N) is 1. The average Bonchev–Trinajstić information content (AvgIpc) is 2.79. The van der Waals surface area contributed by atoms with Gasteiger partial charge in [0, 0.05) is 12.6 Å². The van der Waals surface area contributed by atoms with Crippen molar-refractivity contribution in [3.63, 3.8) is 0 Å². The Bertz CT molecular complexity index is 652. The minimum absolute atomic E-state index is 0.00388.